The lowest BCUT2D eigenvalue weighted by molar-refractivity contribution is -0.118. The first kappa shape index (κ1) is 20.9. The number of hydrogen-bond donors (Lipinski definition) is 2. The Hall–Kier alpha value is -3.87. The van der Waals surface area contributed by atoms with Crippen LogP contribution in [0.2, 0.25) is 0 Å². The minimum atomic E-state index is -0.509. The van der Waals surface area contributed by atoms with Crippen LogP contribution in [0.5, 0.6) is 5.75 Å². The van der Waals surface area contributed by atoms with Gasteiger partial charge in [-0.1, -0.05) is 12.1 Å². The van der Waals surface area contributed by atoms with E-state index in [4.69, 9.17) is 9.15 Å². The van der Waals surface area contributed by atoms with Gasteiger partial charge >= 0.3 is 0 Å². The standard InChI is InChI=1S/C23H21FN2O4/c1-15(16-5-9-18(24)10-6-16)25-23(28)21(14-20-4-3-13-30-20)26-22(27)17-7-11-19(29-2)12-8-17/h3-15H,1-2H3,(H,25,28)(H,26,27)/b21-14-/t15-/m0/s1. The third kappa shape index (κ3) is 5.35. The molecule has 0 bridgehead atoms. The van der Waals surface area contributed by atoms with Crippen LogP contribution in [0.15, 0.2) is 77.0 Å². The molecule has 0 aliphatic carbocycles. The molecule has 30 heavy (non-hydrogen) atoms. The van der Waals surface area contributed by atoms with Crippen molar-refractivity contribution in [3.8, 4) is 5.75 Å². The van der Waals surface area contributed by atoms with Crippen molar-refractivity contribution >= 4 is 17.9 Å². The van der Waals surface area contributed by atoms with E-state index in [9.17, 15) is 14.0 Å². The van der Waals surface area contributed by atoms with Crippen LogP contribution in [0.3, 0.4) is 0 Å². The lowest BCUT2D eigenvalue weighted by atomic mass is 10.1. The van der Waals surface area contributed by atoms with Gasteiger partial charge in [-0.25, -0.2) is 4.39 Å². The van der Waals surface area contributed by atoms with E-state index in [1.807, 2.05) is 0 Å². The molecule has 2 amide bonds. The minimum Gasteiger partial charge on any atom is -0.497 e. The molecule has 0 unspecified atom stereocenters. The average molecular weight is 408 g/mol. The van der Waals surface area contributed by atoms with Crippen LogP contribution in [0.25, 0.3) is 6.08 Å². The number of rotatable bonds is 7. The molecule has 2 N–H and O–H groups in total. The lowest BCUT2D eigenvalue weighted by Gasteiger charge is -2.16. The molecule has 3 aromatic rings. The average Bonchev–Trinajstić information content (AvgIpc) is 3.26. The SMILES string of the molecule is COc1ccc(C(=O)N/C(=C\c2ccco2)C(=O)N[C@@H](C)c2ccc(F)cc2)cc1. The van der Waals surface area contributed by atoms with Gasteiger partial charge in [-0.05, 0) is 61.0 Å². The normalized spacial score (nSPS) is 12.2. The maximum absolute atomic E-state index is 13.1. The van der Waals surface area contributed by atoms with Crippen molar-refractivity contribution in [2.75, 3.05) is 7.11 Å². The lowest BCUT2D eigenvalue weighted by Crippen LogP contribution is -2.36. The summed E-state index contributed by atoms with van der Waals surface area (Å²) in [5.74, 6) is -0.305. The summed E-state index contributed by atoms with van der Waals surface area (Å²) in [5.41, 5.74) is 1.10. The Bertz CT molecular complexity index is 1030. The summed E-state index contributed by atoms with van der Waals surface area (Å²) in [6, 6.07) is 15.3. The third-order valence-electron chi connectivity index (χ3n) is 4.39. The van der Waals surface area contributed by atoms with Crippen molar-refractivity contribution in [2.24, 2.45) is 0 Å². The van der Waals surface area contributed by atoms with E-state index >= 15 is 0 Å². The summed E-state index contributed by atoms with van der Waals surface area (Å²) in [6.07, 6.45) is 2.90. The number of carbonyl (C=O) groups excluding carboxylic acids is 2. The Kier molecular flexibility index (Phi) is 6.64. The van der Waals surface area contributed by atoms with Gasteiger partial charge in [-0.3, -0.25) is 9.59 Å². The first-order valence-corrected chi connectivity index (χ1v) is 9.23. The van der Waals surface area contributed by atoms with Gasteiger partial charge in [0, 0.05) is 11.6 Å². The molecule has 2 aromatic carbocycles. The molecule has 7 heteroatoms. The molecule has 3 rings (SSSR count). The van der Waals surface area contributed by atoms with Crippen LogP contribution >= 0.6 is 0 Å². The van der Waals surface area contributed by atoms with Crippen molar-refractivity contribution < 1.29 is 23.1 Å². The molecular weight excluding hydrogens is 387 g/mol. The van der Waals surface area contributed by atoms with Gasteiger partial charge in [0.25, 0.3) is 11.8 Å². The molecule has 1 atom stereocenters. The third-order valence-corrected chi connectivity index (χ3v) is 4.39. The molecule has 0 saturated heterocycles. The number of ether oxygens (including phenoxy) is 1. The topological polar surface area (TPSA) is 80.6 Å². The van der Waals surface area contributed by atoms with E-state index in [1.54, 1.807) is 55.5 Å². The van der Waals surface area contributed by atoms with Crippen LogP contribution in [0.4, 0.5) is 4.39 Å². The molecule has 0 fully saturated rings. The second-order valence-electron chi connectivity index (χ2n) is 6.50. The van der Waals surface area contributed by atoms with Crippen LogP contribution in [0.1, 0.15) is 34.6 Å². The fraction of sp³-hybridized carbons (Fsp3) is 0.130. The number of furan rings is 1. The second kappa shape index (κ2) is 9.56. The van der Waals surface area contributed by atoms with Gasteiger partial charge in [-0.2, -0.15) is 0 Å². The fourth-order valence-electron chi connectivity index (χ4n) is 2.72. The predicted octanol–water partition coefficient (Wildman–Crippen LogP) is 4.08. The van der Waals surface area contributed by atoms with Crippen LogP contribution < -0.4 is 15.4 Å². The highest BCUT2D eigenvalue weighted by molar-refractivity contribution is 6.05. The summed E-state index contributed by atoms with van der Waals surface area (Å²) >= 11 is 0. The molecule has 0 aliphatic heterocycles. The Morgan fingerprint density at radius 2 is 1.77 bits per heavy atom. The minimum absolute atomic E-state index is 0.0136. The Morgan fingerprint density at radius 3 is 2.37 bits per heavy atom. The van der Waals surface area contributed by atoms with E-state index in [-0.39, 0.29) is 11.5 Å². The number of nitrogens with one attached hydrogen (secondary N) is 2. The number of amides is 2. The first-order valence-electron chi connectivity index (χ1n) is 9.23. The molecule has 0 saturated carbocycles. The van der Waals surface area contributed by atoms with Crippen molar-refractivity contribution in [2.45, 2.75) is 13.0 Å². The summed E-state index contributed by atoms with van der Waals surface area (Å²) in [6.45, 7) is 1.76. The highest BCUT2D eigenvalue weighted by Crippen LogP contribution is 2.15. The summed E-state index contributed by atoms with van der Waals surface area (Å²) in [5, 5.41) is 5.42. The molecule has 0 aliphatic rings. The maximum Gasteiger partial charge on any atom is 0.268 e. The largest absolute Gasteiger partial charge is 0.497 e. The summed E-state index contributed by atoms with van der Waals surface area (Å²) < 4.78 is 23.5. The van der Waals surface area contributed by atoms with Crippen LogP contribution in [0, 0.1) is 5.82 Å². The second-order valence-corrected chi connectivity index (χ2v) is 6.50. The first-order chi connectivity index (χ1) is 14.5. The number of methoxy groups -OCH3 is 1. The maximum atomic E-state index is 13.1. The van der Waals surface area contributed by atoms with E-state index in [0.717, 1.165) is 5.56 Å². The molecule has 1 heterocycles. The van der Waals surface area contributed by atoms with Crippen LogP contribution in [-0.2, 0) is 4.79 Å². The van der Waals surface area contributed by atoms with Crippen molar-refractivity contribution in [1.29, 1.82) is 0 Å². The van der Waals surface area contributed by atoms with Crippen molar-refractivity contribution in [3.05, 3.63) is 95.3 Å². The molecule has 1 aromatic heterocycles. The zero-order valence-corrected chi connectivity index (χ0v) is 16.5. The zero-order chi connectivity index (χ0) is 21.5. The van der Waals surface area contributed by atoms with Gasteiger partial charge in [0.2, 0.25) is 0 Å². The highest BCUT2D eigenvalue weighted by Gasteiger charge is 2.18. The molecular formula is C23H21FN2O4. The number of halogens is 1. The fourth-order valence-corrected chi connectivity index (χ4v) is 2.72. The Morgan fingerprint density at radius 1 is 1.07 bits per heavy atom. The quantitative estimate of drug-likeness (QED) is 0.578. The van der Waals surface area contributed by atoms with Gasteiger partial charge in [0.05, 0.1) is 19.4 Å². The van der Waals surface area contributed by atoms with Crippen LogP contribution in [-0.4, -0.2) is 18.9 Å². The smallest absolute Gasteiger partial charge is 0.268 e. The van der Waals surface area contributed by atoms with E-state index in [0.29, 0.717) is 17.1 Å². The monoisotopic (exact) mass is 408 g/mol. The molecule has 0 spiro atoms. The number of hydrogen-bond acceptors (Lipinski definition) is 4. The van der Waals surface area contributed by atoms with Gasteiger partial charge in [-0.15, -0.1) is 0 Å². The number of benzene rings is 2. The molecule has 6 nitrogen and oxygen atoms in total. The van der Waals surface area contributed by atoms with Crippen molar-refractivity contribution in [3.63, 3.8) is 0 Å². The van der Waals surface area contributed by atoms with Gasteiger partial charge < -0.3 is 19.8 Å². The zero-order valence-electron chi connectivity index (χ0n) is 16.5. The number of carbonyl (C=O) groups is 2. The molecule has 154 valence electrons. The summed E-state index contributed by atoms with van der Waals surface area (Å²) in [7, 11) is 1.53. The Labute approximate surface area is 173 Å². The highest BCUT2D eigenvalue weighted by atomic mass is 19.1. The van der Waals surface area contributed by atoms with Gasteiger partial charge in [0.1, 0.15) is 23.0 Å². The van der Waals surface area contributed by atoms with E-state index in [1.165, 1.54) is 31.6 Å². The van der Waals surface area contributed by atoms with E-state index < -0.39 is 17.9 Å². The van der Waals surface area contributed by atoms with E-state index in [2.05, 4.69) is 10.6 Å². The predicted molar refractivity (Wildman–Crippen MR) is 110 cm³/mol. The van der Waals surface area contributed by atoms with Crippen molar-refractivity contribution in [1.82, 2.24) is 10.6 Å². The Balaban J connectivity index is 1.78. The molecule has 0 radical (unpaired) electrons. The summed E-state index contributed by atoms with van der Waals surface area (Å²) in [4.78, 5) is 25.5. The van der Waals surface area contributed by atoms with Gasteiger partial charge in [0.15, 0.2) is 0 Å².